The van der Waals surface area contributed by atoms with Gasteiger partial charge in [-0.1, -0.05) is 0 Å². The molecule has 1 fully saturated rings. The summed E-state index contributed by atoms with van der Waals surface area (Å²) in [7, 11) is 0. The van der Waals surface area contributed by atoms with Crippen molar-refractivity contribution in [3.8, 4) is 0 Å². The number of anilines is 2. The Balaban J connectivity index is 2.17. The van der Waals surface area contributed by atoms with Crippen molar-refractivity contribution >= 4 is 29.2 Å². The number of rotatable bonds is 7. The van der Waals surface area contributed by atoms with Gasteiger partial charge in [0.05, 0.1) is 30.4 Å². The number of hydrogen-bond acceptors (Lipinski definition) is 4. The number of ether oxygens (including phenoxy) is 1. The van der Waals surface area contributed by atoms with Crippen LogP contribution >= 0.6 is 0 Å². The van der Waals surface area contributed by atoms with Gasteiger partial charge in [0, 0.05) is 12.2 Å². The van der Waals surface area contributed by atoms with Gasteiger partial charge < -0.3 is 31.3 Å². The third-order valence-electron chi connectivity index (χ3n) is 4.09. The molecule has 1 heterocycles. The van der Waals surface area contributed by atoms with Crippen LogP contribution in [0.1, 0.15) is 5.56 Å². The van der Waals surface area contributed by atoms with Crippen LogP contribution in [0.4, 0.5) is 38.1 Å². The predicted octanol–water partition coefficient (Wildman–Crippen LogP) is 1.99. The smallest absolute Gasteiger partial charge is 0.418 e. The number of benzene rings is 1. The molecule has 0 bridgehead atoms. The molecule has 1 aromatic carbocycles. The Kier molecular flexibility index (Phi) is 8.10. The summed E-state index contributed by atoms with van der Waals surface area (Å²) in [4.78, 5) is 36.6. The third kappa shape index (κ3) is 6.75. The van der Waals surface area contributed by atoms with Crippen molar-refractivity contribution in [2.24, 2.45) is 0 Å². The summed E-state index contributed by atoms with van der Waals surface area (Å²) in [5.74, 6) is -1.67. The highest BCUT2D eigenvalue weighted by atomic mass is 19.4. The van der Waals surface area contributed by atoms with E-state index >= 15 is 0 Å². The second-order valence-electron chi connectivity index (χ2n) is 6.32. The minimum absolute atomic E-state index is 0.0615. The number of morpholine rings is 1. The molecule has 0 aromatic heterocycles. The molecule has 4 amide bonds. The summed E-state index contributed by atoms with van der Waals surface area (Å²) in [6, 6.07) is 0.120. The highest BCUT2D eigenvalue weighted by Crippen LogP contribution is 2.38. The van der Waals surface area contributed by atoms with Crippen LogP contribution in [0.5, 0.6) is 0 Å². The number of halogens is 5. The van der Waals surface area contributed by atoms with Crippen molar-refractivity contribution in [3.05, 3.63) is 29.5 Å². The molecule has 1 aliphatic heterocycles. The molecule has 9 nitrogen and oxygen atoms in total. The van der Waals surface area contributed by atoms with Gasteiger partial charge in [-0.3, -0.25) is 9.59 Å². The van der Waals surface area contributed by atoms with Gasteiger partial charge in [-0.15, -0.1) is 6.54 Å². The fourth-order valence-electron chi connectivity index (χ4n) is 2.67. The fourth-order valence-corrected chi connectivity index (χ4v) is 2.67. The normalized spacial score (nSPS) is 15.6. The van der Waals surface area contributed by atoms with Crippen LogP contribution in [0.3, 0.4) is 0 Å². The lowest BCUT2D eigenvalue weighted by Gasteiger charge is -2.29. The van der Waals surface area contributed by atoms with Gasteiger partial charge in [0.1, 0.15) is 6.61 Å². The van der Waals surface area contributed by atoms with E-state index in [-0.39, 0.29) is 25.4 Å². The van der Waals surface area contributed by atoms with E-state index in [4.69, 9.17) is 10.5 Å². The minimum atomic E-state index is -4.85. The number of amides is 4. The quantitative estimate of drug-likeness (QED) is 0.548. The number of hydrogen-bond donors (Lipinski definition) is 3. The number of urea groups is 1. The van der Waals surface area contributed by atoms with Crippen LogP contribution in [0.15, 0.2) is 18.2 Å². The SMILES string of the molecule is [NH-]C[C@@H](NC(=O)NCC(F)F)C(=O)Nc1ccc(N2CCOCC2=O)c(C(F)(F)F)c1. The van der Waals surface area contributed by atoms with Gasteiger partial charge in [0.2, 0.25) is 5.91 Å². The third-order valence-corrected chi connectivity index (χ3v) is 4.09. The van der Waals surface area contributed by atoms with Gasteiger partial charge in [0.25, 0.3) is 12.3 Å². The van der Waals surface area contributed by atoms with Crippen molar-refractivity contribution in [1.29, 1.82) is 0 Å². The molecule has 1 saturated heterocycles. The first-order valence-electron chi connectivity index (χ1n) is 8.90. The van der Waals surface area contributed by atoms with Gasteiger partial charge >= 0.3 is 12.2 Å². The molecule has 0 aliphatic carbocycles. The van der Waals surface area contributed by atoms with Crippen LogP contribution < -0.4 is 20.9 Å². The number of alkyl halides is 5. The molecule has 1 aliphatic rings. The Morgan fingerprint density at radius 3 is 2.55 bits per heavy atom. The number of carbonyl (C=O) groups is 3. The van der Waals surface area contributed by atoms with E-state index in [0.717, 1.165) is 17.0 Å². The number of nitrogens with zero attached hydrogens (tertiary/aromatic N) is 1. The lowest BCUT2D eigenvalue weighted by molar-refractivity contribution is -0.137. The molecular weight excluding hydrogens is 433 g/mol. The first-order chi connectivity index (χ1) is 14.5. The largest absolute Gasteiger partial charge is 0.675 e. The maximum Gasteiger partial charge on any atom is 0.418 e. The molecule has 172 valence electrons. The summed E-state index contributed by atoms with van der Waals surface area (Å²) >= 11 is 0. The monoisotopic (exact) mass is 452 g/mol. The molecule has 31 heavy (non-hydrogen) atoms. The molecule has 0 spiro atoms. The Hall–Kier alpha value is -3.00. The van der Waals surface area contributed by atoms with E-state index in [1.165, 1.54) is 0 Å². The summed E-state index contributed by atoms with van der Waals surface area (Å²) in [5, 5.41) is 5.91. The van der Waals surface area contributed by atoms with Crippen molar-refractivity contribution < 1.29 is 41.1 Å². The Morgan fingerprint density at radius 1 is 1.26 bits per heavy atom. The van der Waals surface area contributed by atoms with Crippen LogP contribution in [0, 0.1) is 0 Å². The first kappa shape index (κ1) is 24.3. The number of nitrogens with one attached hydrogen (secondary N) is 4. The maximum atomic E-state index is 13.6. The molecule has 4 N–H and O–H groups in total. The minimum Gasteiger partial charge on any atom is -0.675 e. The average molecular weight is 452 g/mol. The van der Waals surface area contributed by atoms with Gasteiger partial charge in [-0.05, 0) is 18.2 Å². The molecule has 0 saturated carbocycles. The van der Waals surface area contributed by atoms with Crippen LogP contribution in [-0.2, 0) is 20.5 Å². The zero-order valence-electron chi connectivity index (χ0n) is 15.9. The first-order valence-corrected chi connectivity index (χ1v) is 8.90. The van der Waals surface area contributed by atoms with Crippen LogP contribution in [0.2, 0.25) is 0 Å². The number of carbonyl (C=O) groups excluding carboxylic acids is 3. The maximum absolute atomic E-state index is 13.6. The second kappa shape index (κ2) is 10.3. The molecule has 1 atom stereocenters. The predicted molar refractivity (Wildman–Crippen MR) is 98.8 cm³/mol. The van der Waals surface area contributed by atoms with Gasteiger partial charge in [0.15, 0.2) is 0 Å². The fraction of sp³-hybridized carbons (Fsp3) is 0.471. The Morgan fingerprint density at radius 2 is 1.97 bits per heavy atom. The van der Waals surface area contributed by atoms with Crippen LogP contribution in [0.25, 0.3) is 5.73 Å². The van der Waals surface area contributed by atoms with Crippen molar-refractivity contribution in [3.63, 3.8) is 0 Å². The van der Waals surface area contributed by atoms with Gasteiger partial charge in [-0.25, -0.2) is 13.6 Å². The standard InChI is InChI=1S/C17H19F5N5O4/c18-13(19)7-24-16(30)26-11(6-23)15(29)25-9-1-2-12(10(5-9)17(20,21)22)27-3-4-31-8-14(27)28/h1-2,5,11,13,23H,3-4,6-8H2,(H,25,29)(H2,24,26,30)/q-1/t11-/m1/s1. The van der Waals surface area contributed by atoms with Crippen molar-refractivity contribution in [2.75, 3.05) is 43.1 Å². The van der Waals surface area contributed by atoms with E-state index in [1.807, 2.05) is 5.32 Å². The Bertz CT molecular complexity index is 821. The zero-order chi connectivity index (χ0) is 23.2. The van der Waals surface area contributed by atoms with E-state index < -0.39 is 60.8 Å². The van der Waals surface area contributed by atoms with Crippen molar-refractivity contribution in [2.45, 2.75) is 18.6 Å². The van der Waals surface area contributed by atoms with E-state index in [2.05, 4.69) is 5.32 Å². The molecule has 2 rings (SSSR count). The highest BCUT2D eigenvalue weighted by molar-refractivity contribution is 5.99. The molecule has 0 unspecified atom stereocenters. The molecular formula is C17H19F5N5O4-. The van der Waals surface area contributed by atoms with Crippen LogP contribution in [-0.4, -0.2) is 63.2 Å². The lowest BCUT2D eigenvalue weighted by Crippen LogP contribution is -2.50. The summed E-state index contributed by atoms with van der Waals surface area (Å²) in [5.41, 5.74) is 5.44. The topological polar surface area (TPSA) is 124 Å². The van der Waals surface area contributed by atoms with Gasteiger partial charge in [-0.2, -0.15) is 13.2 Å². The summed E-state index contributed by atoms with van der Waals surface area (Å²) in [6.45, 7) is -2.05. The average Bonchev–Trinajstić information content (AvgIpc) is 2.70. The van der Waals surface area contributed by atoms with Crippen molar-refractivity contribution in [1.82, 2.24) is 10.6 Å². The highest BCUT2D eigenvalue weighted by Gasteiger charge is 2.37. The summed E-state index contributed by atoms with van der Waals surface area (Å²) in [6.07, 6.45) is -7.68. The van der Waals surface area contributed by atoms with E-state index in [1.54, 1.807) is 5.32 Å². The lowest BCUT2D eigenvalue weighted by atomic mass is 10.1. The molecule has 14 heteroatoms. The Labute approximate surface area is 173 Å². The molecule has 0 radical (unpaired) electrons. The molecule has 1 aromatic rings. The van der Waals surface area contributed by atoms with E-state index in [0.29, 0.717) is 6.07 Å². The summed E-state index contributed by atoms with van der Waals surface area (Å²) < 4.78 is 69.8. The van der Waals surface area contributed by atoms with E-state index in [9.17, 15) is 36.3 Å². The zero-order valence-corrected chi connectivity index (χ0v) is 15.9. The second-order valence-corrected chi connectivity index (χ2v) is 6.32.